The second kappa shape index (κ2) is 5.74. The molecule has 4 N–H and O–H groups in total. The number of nitrogens with one attached hydrogen (secondary N) is 2. The maximum absolute atomic E-state index is 11.1. The van der Waals surface area contributed by atoms with Gasteiger partial charge in [0.05, 0.1) is 0 Å². The molecule has 0 bridgehead atoms. The van der Waals surface area contributed by atoms with E-state index in [0.29, 0.717) is 18.9 Å². The highest BCUT2D eigenvalue weighted by atomic mass is 16.2. The van der Waals surface area contributed by atoms with Crippen LogP contribution in [0.25, 0.3) is 0 Å². The summed E-state index contributed by atoms with van der Waals surface area (Å²) in [5.74, 6) is 0.869. The van der Waals surface area contributed by atoms with E-state index in [1.807, 2.05) is 0 Å². The number of rotatable bonds is 4. The van der Waals surface area contributed by atoms with Crippen LogP contribution >= 0.6 is 0 Å². The third kappa shape index (κ3) is 3.99. The molecule has 7 nitrogen and oxygen atoms in total. The number of aromatic nitrogens is 2. The fourth-order valence-electron chi connectivity index (χ4n) is 0.990. The molecule has 0 aliphatic carbocycles. The highest BCUT2D eigenvalue weighted by Crippen LogP contribution is 2.00. The van der Waals surface area contributed by atoms with Gasteiger partial charge in [-0.15, -0.1) is 0 Å². The van der Waals surface area contributed by atoms with Crippen molar-refractivity contribution >= 4 is 17.8 Å². The number of nitrogen functional groups attached to an aromatic ring is 1. The van der Waals surface area contributed by atoms with Crippen LogP contribution in [0, 0.1) is 0 Å². The molecular weight excluding hydrogens is 208 g/mol. The first-order chi connectivity index (χ1) is 7.59. The fraction of sp³-hybridized carbons (Fsp3) is 0.444. The Kier molecular flexibility index (Phi) is 4.31. The third-order valence-corrected chi connectivity index (χ3v) is 1.79. The van der Waals surface area contributed by atoms with E-state index in [-0.39, 0.29) is 12.0 Å². The monoisotopic (exact) mass is 224 g/mol. The summed E-state index contributed by atoms with van der Waals surface area (Å²) >= 11 is 0. The van der Waals surface area contributed by atoms with E-state index >= 15 is 0 Å². The maximum Gasteiger partial charge on any atom is 0.316 e. The number of hydrogen-bond acceptors (Lipinski definition) is 5. The van der Waals surface area contributed by atoms with Gasteiger partial charge in [-0.05, 0) is 6.07 Å². The lowest BCUT2D eigenvalue weighted by Gasteiger charge is -2.12. The van der Waals surface area contributed by atoms with Crippen LogP contribution < -0.4 is 16.4 Å². The number of carbonyl (C=O) groups is 1. The Morgan fingerprint density at radius 2 is 2.25 bits per heavy atom. The van der Waals surface area contributed by atoms with Crippen molar-refractivity contribution in [3.8, 4) is 0 Å². The molecule has 0 unspecified atom stereocenters. The Morgan fingerprint density at radius 3 is 2.88 bits per heavy atom. The molecule has 0 radical (unpaired) electrons. The summed E-state index contributed by atoms with van der Waals surface area (Å²) in [6.45, 7) is 1.09. The van der Waals surface area contributed by atoms with E-state index in [0.717, 1.165) is 0 Å². The quantitative estimate of drug-likeness (QED) is 0.612. The molecule has 0 atom stereocenters. The van der Waals surface area contributed by atoms with Crippen molar-refractivity contribution in [2.75, 3.05) is 38.2 Å². The van der Waals surface area contributed by atoms with E-state index in [1.165, 1.54) is 4.90 Å². The lowest BCUT2D eigenvalue weighted by molar-refractivity contribution is 0.218. The zero-order valence-corrected chi connectivity index (χ0v) is 9.40. The predicted octanol–water partition coefficient (Wildman–Crippen LogP) is -0.258. The fourth-order valence-corrected chi connectivity index (χ4v) is 0.990. The van der Waals surface area contributed by atoms with Gasteiger partial charge in [0.15, 0.2) is 0 Å². The first-order valence-electron chi connectivity index (χ1n) is 4.87. The summed E-state index contributed by atoms with van der Waals surface area (Å²) in [5.41, 5.74) is 5.41. The van der Waals surface area contributed by atoms with E-state index in [9.17, 15) is 4.79 Å². The van der Waals surface area contributed by atoms with Crippen molar-refractivity contribution in [2.24, 2.45) is 0 Å². The van der Waals surface area contributed by atoms with Crippen LogP contribution in [-0.4, -0.2) is 48.1 Å². The molecule has 0 saturated heterocycles. The average Bonchev–Trinajstić information content (AvgIpc) is 2.24. The zero-order chi connectivity index (χ0) is 12.0. The average molecular weight is 224 g/mol. The van der Waals surface area contributed by atoms with Crippen molar-refractivity contribution < 1.29 is 4.79 Å². The van der Waals surface area contributed by atoms with Crippen LogP contribution in [0.5, 0.6) is 0 Å². The molecular formula is C9H16N6O. The standard InChI is InChI=1S/C9H16N6O/c1-15(2)9(16)13-6-5-11-7-3-4-12-8(10)14-7/h3-4H,5-6H2,1-2H3,(H,13,16)(H3,10,11,12,14). The van der Waals surface area contributed by atoms with Gasteiger partial charge in [0.2, 0.25) is 5.95 Å². The Bertz CT molecular complexity index is 354. The van der Waals surface area contributed by atoms with E-state index in [4.69, 9.17) is 5.73 Å². The van der Waals surface area contributed by atoms with Gasteiger partial charge in [-0.25, -0.2) is 9.78 Å². The summed E-state index contributed by atoms with van der Waals surface area (Å²) in [6, 6.07) is 1.59. The second-order valence-electron chi connectivity index (χ2n) is 3.35. The molecule has 0 saturated carbocycles. The summed E-state index contributed by atoms with van der Waals surface area (Å²) < 4.78 is 0. The first-order valence-corrected chi connectivity index (χ1v) is 4.87. The van der Waals surface area contributed by atoms with E-state index in [2.05, 4.69) is 20.6 Å². The molecule has 0 aromatic carbocycles. The lowest BCUT2D eigenvalue weighted by Crippen LogP contribution is -2.37. The Labute approximate surface area is 94.1 Å². The topological polar surface area (TPSA) is 96.2 Å². The predicted molar refractivity (Wildman–Crippen MR) is 62.0 cm³/mol. The van der Waals surface area contributed by atoms with Gasteiger partial charge < -0.3 is 21.3 Å². The molecule has 2 amide bonds. The summed E-state index contributed by atoms with van der Waals surface area (Å²) in [7, 11) is 3.38. The highest BCUT2D eigenvalue weighted by molar-refractivity contribution is 5.73. The molecule has 1 heterocycles. The van der Waals surface area contributed by atoms with Crippen LogP contribution in [0.2, 0.25) is 0 Å². The molecule has 88 valence electrons. The molecule has 7 heteroatoms. The van der Waals surface area contributed by atoms with Crippen molar-refractivity contribution in [1.82, 2.24) is 20.2 Å². The van der Waals surface area contributed by atoms with Gasteiger partial charge in [0.1, 0.15) is 5.82 Å². The SMILES string of the molecule is CN(C)C(=O)NCCNc1ccnc(N)n1. The molecule has 1 aromatic rings. The van der Waals surface area contributed by atoms with Gasteiger partial charge in [0, 0.05) is 33.4 Å². The summed E-state index contributed by atoms with van der Waals surface area (Å²) in [4.78, 5) is 20.4. The number of urea groups is 1. The number of carbonyl (C=O) groups excluding carboxylic acids is 1. The van der Waals surface area contributed by atoms with Gasteiger partial charge in [-0.2, -0.15) is 4.98 Å². The summed E-state index contributed by atoms with van der Waals surface area (Å²) in [6.07, 6.45) is 1.57. The molecule has 1 aromatic heterocycles. The second-order valence-corrected chi connectivity index (χ2v) is 3.35. The number of amides is 2. The first kappa shape index (κ1) is 12.0. The molecule has 0 fully saturated rings. The van der Waals surface area contributed by atoms with E-state index < -0.39 is 0 Å². The Hall–Kier alpha value is -2.05. The molecule has 0 spiro atoms. The van der Waals surface area contributed by atoms with Crippen LogP contribution in [-0.2, 0) is 0 Å². The van der Waals surface area contributed by atoms with Crippen molar-refractivity contribution in [3.63, 3.8) is 0 Å². The molecule has 1 rings (SSSR count). The Balaban J connectivity index is 2.23. The van der Waals surface area contributed by atoms with Gasteiger partial charge in [0.25, 0.3) is 0 Å². The van der Waals surface area contributed by atoms with Crippen LogP contribution in [0.3, 0.4) is 0 Å². The lowest BCUT2D eigenvalue weighted by atomic mass is 10.5. The smallest absolute Gasteiger partial charge is 0.316 e. The van der Waals surface area contributed by atoms with Gasteiger partial charge in [-0.3, -0.25) is 0 Å². The number of nitrogens with two attached hydrogens (primary N) is 1. The minimum atomic E-state index is -0.121. The largest absolute Gasteiger partial charge is 0.368 e. The van der Waals surface area contributed by atoms with Gasteiger partial charge in [-0.1, -0.05) is 0 Å². The van der Waals surface area contributed by atoms with Crippen LogP contribution in [0.1, 0.15) is 0 Å². The molecule has 0 aliphatic heterocycles. The number of anilines is 2. The van der Waals surface area contributed by atoms with Gasteiger partial charge >= 0.3 is 6.03 Å². The van der Waals surface area contributed by atoms with Crippen molar-refractivity contribution in [1.29, 1.82) is 0 Å². The summed E-state index contributed by atoms with van der Waals surface area (Å²) in [5, 5.41) is 5.73. The third-order valence-electron chi connectivity index (χ3n) is 1.79. The maximum atomic E-state index is 11.1. The normalized spacial score (nSPS) is 9.62. The van der Waals surface area contributed by atoms with Crippen molar-refractivity contribution in [3.05, 3.63) is 12.3 Å². The van der Waals surface area contributed by atoms with E-state index in [1.54, 1.807) is 26.4 Å². The minimum absolute atomic E-state index is 0.121. The number of nitrogens with zero attached hydrogens (tertiary/aromatic N) is 3. The Morgan fingerprint density at radius 1 is 1.50 bits per heavy atom. The molecule has 0 aliphatic rings. The van der Waals surface area contributed by atoms with Crippen LogP contribution in [0.4, 0.5) is 16.6 Å². The van der Waals surface area contributed by atoms with Crippen LogP contribution in [0.15, 0.2) is 12.3 Å². The zero-order valence-electron chi connectivity index (χ0n) is 9.40. The number of hydrogen-bond donors (Lipinski definition) is 3. The molecule has 16 heavy (non-hydrogen) atoms. The minimum Gasteiger partial charge on any atom is -0.368 e. The van der Waals surface area contributed by atoms with Crippen molar-refractivity contribution in [2.45, 2.75) is 0 Å². The highest BCUT2D eigenvalue weighted by Gasteiger charge is 2.00.